The second-order valence-corrected chi connectivity index (χ2v) is 5.66. The van der Waals surface area contributed by atoms with Crippen LogP contribution in [0.1, 0.15) is 19.4 Å². The maximum atomic E-state index is 8.84. The Kier molecular flexibility index (Phi) is 3.41. The Morgan fingerprint density at radius 2 is 2.24 bits per heavy atom. The van der Waals surface area contributed by atoms with E-state index in [1.807, 2.05) is 18.2 Å². The second-order valence-electron chi connectivity index (χ2n) is 4.81. The summed E-state index contributed by atoms with van der Waals surface area (Å²) in [4.78, 5) is 2.29. The Morgan fingerprint density at radius 1 is 1.47 bits per heavy atom. The Labute approximate surface area is 110 Å². The fourth-order valence-electron chi connectivity index (χ4n) is 2.05. The number of hydrogen-bond acceptors (Lipinski definition) is 3. The minimum Gasteiger partial charge on any atom is -0.372 e. The van der Waals surface area contributed by atoms with E-state index in [9.17, 15) is 0 Å². The molecule has 17 heavy (non-hydrogen) atoms. The maximum absolute atomic E-state index is 8.84. The molecule has 0 amide bonds. The number of rotatable bonds is 1. The van der Waals surface area contributed by atoms with Crippen molar-refractivity contribution in [2.75, 3.05) is 24.6 Å². The third-order valence-electron chi connectivity index (χ3n) is 2.84. The van der Waals surface area contributed by atoms with Crippen molar-refractivity contribution >= 4 is 21.6 Å². The molecule has 0 spiro atoms. The van der Waals surface area contributed by atoms with Crippen molar-refractivity contribution < 1.29 is 4.74 Å². The first kappa shape index (κ1) is 12.4. The monoisotopic (exact) mass is 294 g/mol. The summed E-state index contributed by atoms with van der Waals surface area (Å²) in [5.74, 6) is 0. The van der Waals surface area contributed by atoms with Crippen molar-refractivity contribution in [2.45, 2.75) is 19.4 Å². The lowest BCUT2D eigenvalue weighted by molar-refractivity contribution is -0.0277. The van der Waals surface area contributed by atoms with Gasteiger partial charge in [-0.05, 0) is 48.0 Å². The predicted octanol–water partition coefficient (Wildman–Crippen LogP) is 2.94. The summed E-state index contributed by atoms with van der Waals surface area (Å²) in [5.41, 5.74) is 1.68. The van der Waals surface area contributed by atoms with Crippen molar-refractivity contribution in [1.82, 2.24) is 0 Å². The molecule has 4 heteroatoms. The molecule has 1 aliphatic heterocycles. The third kappa shape index (κ3) is 2.80. The molecule has 0 saturated carbocycles. The van der Waals surface area contributed by atoms with Crippen LogP contribution in [0.25, 0.3) is 0 Å². The van der Waals surface area contributed by atoms with Crippen LogP contribution in [-0.2, 0) is 4.74 Å². The highest BCUT2D eigenvalue weighted by atomic mass is 79.9. The summed E-state index contributed by atoms with van der Waals surface area (Å²) in [6, 6.07) is 7.84. The first-order valence-electron chi connectivity index (χ1n) is 5.60. The highest BCUT2D eigenvalue weighted by Gasteiger charge is 2.28. The molecule has 1 aromatic carbocycles. The van der Waals surface area contributed by atoms with Crippen molar-refractivity contribution in [3.63, 3.8) is 0 Å². The zero-order valence-electron chi connectivity index (χ0n) is 10.0. The molecule has 0 aromatic heterocycles. The SMILES string of the molecule is CC1(C)CN(c2ccc(C#N)cc2Br)CCO1. The lowest BCUT2D eigenvalue weighted by atomic mass is 10.1. The number of halogens is 1. The second kappa shape index (κ2) is 4.67. The molecule has 90 valence electrons. The standard InChI is InChI=1S/C13H15BrN2O/c1-13(2)9-16(5-6-17-13)12-4-3-10(8-15)7-11(12)14/h3-4,7H,5-6,9H2,1-2H3. The van der Waals surface area contributed by atoms with Crippen LogP contribution in [0.3, 0.4) is 0 Å². The van der Waals surface area contributed by atoms with E-state index in [2.05, 4.69) is 40.7 Å². The molecule has 0 aliphatic carbocycles. The molecule has 3 nitrogen and oxygen atoms in total. The number of hydrogen-bond donors (Lipinski definition) is 0. The van der Waals surface area contributed by atoms with E-state index >= 15 is 0 Å². The van der Waals surface area contributed by atoms with Gasteiger partial charge in [0.15, 0.2) is 0 Å². The largest absolute Gasteiger partial charge is 0.372 e. The van der Waals surface area contributed by atoms with Crippen LogP contribution in [0.5, 0.6) is 0 Å². The van der Waals surface area contributed by atoms with Gasteiger partial charge in [0.25, 0.3) is 0 Å². The highest BCUT2D eigenvalue weighted by Crippen LogP contribution is 2.30. The van der Waals surface area contributed by atoms with Gasteiger partial charge < -0.3 is 9.64 Å². The van der Waals surface area contributed by atoms with Crippen LogP contribution in [0.2, 0.25) is 0 Å². The fourth-order valence-corrected chi connectivity index (χ4v) is 2.68. The zero-order valence-corrected chi connectivity index (χ0v) is 11.6. The Morgan fingerprint density at radius 3 is 2.82 bits per heavy atom. The first-order valence-corrected chi connectivity index (χ1v) is 6.40. The molecular formula is C13H15BrN2O. The zero-order chi connectivity index (χ0) is 12.5. The number of nitriles is 1. The topological polar surface area (TPSA) is 36.3 Å². The highest BCUT2D eigenvalue weighted by molar-refractivity contribution is 9.10. The van der Waals surface area contributed by atoms with E-state index in [0.717, 1.165) is 29.9 Å². The summed E-state index contributed by atoms with van der Waals surface area (Å²) < 4.78 is 6.66. The van der Waals surface area contributed by atoms with Crippen molar-refractivity contribution in [3.8, 4) is 6.07 Å². The van der Waals surface area contributed by atoms with Crippen LogP contribution in [-0.4, -0.2) is 25.3 Å². The lowest BCUT2D eigenvalue weighted by Crippen LogP contribution is -2.48. The fraction of sp³-hybridized carbons (Fsp3) is 0.462. The van der Waals surface area contributed by atoms with Crippen LogP contribution in [0.4, 0.5) is 5.69 Å². The summed E-state index contributed by atoms with van der Waals surface area (Å²) >= 11 is 3.53. The first-order chi connectivity index (χ1) is 8.02. The number of benzene rings is 1. The summed E-state index contributed by atoms with van der Waals surface area (Å²) in [6.45, 7) is 6.66. The van der Waals surface area contributed by atoms with Crippen LogP contribution in [0, 0.1) is 11.3 Å². The van der Waals surface area contributed by atoms with Crippen molar-refractivity contribution in [2.24, 2.45) is 0 Å². The summed E-state index contributed by atoms with van der Waals surface area (Å²) in [6.07, 6.45) is 0. The molecule has 1 saturated heterocycles. The Bertz CT molecular complexity index is 465. The minimum atomic E-state index is -0.119. The van der Waals surface area contributed by atoms with Crippen LogP contribution < -0.4 is 4.90 Å². The van der Waals surface area contributed by atoms with Gasteiger partial charge in [0.2, 0.25) is 0 Å². The molecule has 1 fully saturated rings. The molecule has 0 bridgehead atoms. The van der Waals surface area contributed by atoms with E-state index in [1.54, 1.807) is 0 Å². The number of morpholine rings is 1. The van der Waals surface area contributed by atoms with Gasteiger partial charge in [-0.3, -0.25) is 0 Å². The smallest absolute Gasteiger partial charge is 0.0992 e. The Hall–Kier alpha value is -1.05. The normalized spacial score (nSPS) is 18.8. The molecule has 0 atom stereocenters. The maximum Gasteiger partial charge on any atom is 0.0992 e. The van der Waals surface area contributed by atoms with E-state index < -0.39 is 0 Å². The predicted molar refractivity (Wildman–Crippen MR) is 71.1 cm³/mol. The number of ether oxygens (including phenoxy) is 1. The summed E-state index contributed by atoms with van der Waals surface area (Å²) in [5, 5.41) is 8.84. The van der Waals surface area contributed by atoms with Gasteiger partial charge in [-0.1, -0.05) is 0 Å². The molecule has 1 heterocycles. The molecule has 1 aliphatic rings. The average Bonchev–Trinajstić information content (AvgIpc) is 2.27. The third-order valence-corrected chi connectivity index (χ3v) is 3.48. The van der Waals surface area contributed by atoms with Crippen molar-refractivity contribution in [3.05, 3.63) is 28.2 Å². The Balaban J connectivity index is 2.26. The van der Waals surface area contributed by atoms with E-state index in [0.29, 0.717) is 5.56 Å². The molecule has 0 unspecified atom stereocenters. The molecule has 0 radical (unpaired) electrons. The van der Waals surface area contributed by atoms with Gasteiger partial charge in [-0.15, -0.1) is 0 Å². The molecule has 2 rings (SSSR count). The molecular weight excluding hydrogens is 280 g/mol. The number of nitrogens with zero attached hydrogens (tertiary/aromatic N) is 2. The van der Waals surface area contributed by atoms with Crippen LogP contribution in [0.15, 0.2) is 22.7 Å². The van der Waals surface area contributed by atoms with E-state index in [4.69, 9.17) is 10.00 Å². The minimum absolute atomic E-state index is 0.119. The lowest BCUT2D eigenvalue weighted by Gasteiger charge is -2.39. The number of anilines is 1. The quantitative estimate of drug-likeness (QED) is 0.799. The van der Waals surface area contributed by atoms with Gasteiger partial charge in [0.05, 0.1) is 29.5 Å². The summed E-state index contributed by atoms with van der Waals surface area (Å²) in [7, 11) is 0. The van der Waals surface area contributed by atoms with E-state index in [1.165, 1.54) is 0 Å². The van der Waals surface area contributed by atoms with Gasteiger partial charge >= 0.3 is 0 Å². The van der Waals surface area contributed by atoms with Gasteiger partial charge in [0.1, 0.15) is 0 Å². The molecule has 1 aromatic rings. The molecule has 0 N–H and O–H groups in total. The van der Waals surface area contributed by atoms with Gasteiger partial charge in [0, 0.05) is 17.6 Å². The van der Waals surface area contributed by atoms with Crippen molar-refractivity contribution in [1.29, 1.82) is 5.26 Å². The van der Waals surface area contributed by atoms with Gasteiger partial charge in [-0.2, -0.15) is 5.26 Å². The van der Waals surface area contributed by atoms with Crippen LogP contribution >= 0.6 is 15.9 Å². The van der Waals surface area contributed by atoms with E-state index in [-0.39, 0.29) is 5.60 Å². The average molecular weight is 295 g/mol. The van der Waals surface area contributed by atoms with Gasteiger partial charge in [-0.25, -0.2) is 0 Å².